The van der Waals surface area contributed by atoms with E-state index in [0.29, 0.717) is 0 Å². The molecule has 0 atom stereocenters. The number of fused-ring (bicyclic) bond motifs is 1. The number of rotatable bonds is 6. The zero-order valence-electron chi connectivity index (χ0n) is 17.3. The van der Waals surface area contributed by atoms with E-state index in [0.717, 1.165) is 21.3 Å². The van der Waals surface area contributed by atoms with Crippen molar-refractivity contribution in [3.05, 3.63) is 67.1 Å². The normalized spacial score (nSPS) is 10.6. The van der Waals surface area contributed by atoms with Gasteiger partial charge in [-0.3, -0.25) is 49.3 Å². The SMILES string of the molecule is Cn1c(=O)c2c(ncn2CC(=O)OCC(=O)NNC(=O)c2ccc([N+](=O)[O-])cc2)n(C)c1=O. The number of nitro benzene ring substituents is 1. The number of nitro groups is 1. The van der Waals surface area contributed by atoms with Crippen molar-refractivity contribution in [3.63, 3.8) is 0 Å². The predicted octanol–water partition coefficient (Wildman–Crippen LogP) is -1.65. The summed E-state index contributed by atoms with van der Waals surface area (Å²) in [7, 11) is 2.71. The van der Waals surface area contributed by atoms with E-state index in [9.17, 15) is 34.1 Å². The third kappa shape index (κ3) is 4.76. The lowest BCUT2D eigenvalue weighted by Crippen LogP contribution is -2.43. The molecule has 0 aliphatic heterocycles. The highest BCUT2D eigenvalue weighted by molar-refractivity contribution is 5.95. The molecule has 0 unspecified atom stereocenters. The number of esters is 1. The van der Waals surface area contributed by atoms with Gasteiger partial charge in [0.1, 0.15) is 6.54 Å². The molecular formula is C18H17N7O8. The Morgan fingerprint density at radius 2 is 1.76 bits per heavy atom. The van der Waals surface area contributed by atoms with Crippen LogP contribution in [0.15, 0.2) is 40.2 Å². The lowest BCUT2D eigenvalue weighted by Gasteiger charge is -2.09. The summed E-state index contributed by atoms with van der Waals surface area (Å²) in [6, 6.07) is 4.66. The number of imidazole rings is 1. The van der Waals surface area contributed by atoms with E-state index in [2.05, 4.69) is 10.4 Å². The third-order valence-corrected chi connectivity index (χ3v) is 4.54. The van der Waals surface area contributed by atoms with Crippen LogP contribution < -0.4 is 22.1 Å². The number of carbonyl (C=O) groups excluding carboxylic acids is 3. The number of benzene rings is 1. The average molecular weight is 459 g/mol. The Hall–Kier alpha value is -4.82. The molecule has 0 bridgehead atoms. The maximum Gasteiger partial charge on any atom is 0.332 e. The Balaban J connectivity index is 1.54. The molecule has 2 amide bonds. The van der Waals surface area contributed by atoms with Gasteiger partial charge in [-0.25, -0.2) is 9.78 Å². The van der Waals surface area contributed by atoms with Gasteiger partial charge in [0.2, 0.25) is 0 Å². The Bertz CT molecular complexity index is 1380. The third-order valence-electron chi connectivity index (χ3n) is 4.54. The second kappa shape index (κ2) is 9.13. The van der Waals surface area contributed by atoms with Gasteiger partial charge < -0.3 is 9.30 Å². The molecule has 0 spiro atoms. The van der Waals surface area contributed by atoms with Gasteiger partial charge in [0, 0.05) is 31.8 Å². The van der Waals surface area contributed by atoms with Crippen LogP contribution >= 0.6 is 0 Å². The Morgan fingerprint density at radius 3 is 2.39 bits per heavy atom. The second-order valence-electron chi connectivity index (χ2n) is 6.72. The van der Waals surface area contributed by atoms with Gasteiger partial charge in [0.05, 0.1) is 11.3 Å². The van der Waals surface area contributed by atoms with E-state index < -0.39 is 47.1 Å². The Morgan fingerprint density at radius 1 is 1.09 bits per heavy atom. The number of hydrogen-bond acceptors (Lipinski definition) is 9. The summed E-state index contributed by atoms with van der Waals surface area (Å²) in [5, 5.41) is 10.6. The van der Waals surface area contributed by atoms with Crippen molar-refractivity contribution in [2.75, 3.05) is 6.61 Å². The number of carbonyl (C=O) groups is 3. The first-order valence-electron chi connectivity index (χ1n) is 9.20. The van der Waals surface area contributed by atoms with E-state index in [1.54, 1.807) is 0 Å². The summed E-state index contributed by atoms with van der Waals surface area (Å²) in [6.45, 7) is -1.19. The van der Waals surface area contributed by atoms with E-state index in [-0.39, 0.29) is 22.4 Å². The van der Waals surface area contributed by atoms with Crippen LogP contribution in [-0.2, 0) is 35.0 Å². The predicted molar refractivity (Wildman–Crippen MR) is 110 cm³/mol. The van der Waals surface area contributed by atoms with Gasteiger partial charge >= 0.3 is 11.7 Å². The van der Waals surface area contributed by atoms with Crippen LogP contribution in [0.2, 0.25) is 0 Å². The van der Waals surface area contributed by atoms with Crippen LogP contribution in [-0.4, -0.2) is 48.0 Å². The molecule has 0 aliphatic rings. The van der Waals surface area contributed by atoms with Crippen molar-refractivity contribution in [3.8, 4) is 0 Å². The summed E-state index contributed by atoms with van der Waals surface area (Å²) in [4.78, 5) is 74.1. The fraction of sp³-hybridized carbons (Fsp3) is 0.222. The molecule has 2 heterocycles. The highest BCUT2D eigenvalue weighted by Crippen LogP contribution is 2.11. The summed E-state index contributed by atoms with van der Waals surface area (Å²) >= 11 is 0. The lowest BCUT2D eigenvalue weighted by molar-refractivity contribution is -0.384. The minimum Gasteiger partial charge on any atom is -0.454 e. The molecule has 15 nitrogen and oxygen atoms in total. The van der Waals surface area contributed by atoms with E-state index in [1.807, 2.05) is 5.43 Å². The van der Waals surface area contributed by atoms with Gasteiger partial charge in [-0.1, -0.05) is 0 Å². The number of nitrogens with one attached hydrogen (secondary N) is 2. The number of amides is 2. The highest BCUT2D eigenvalue weighted by Gasteiger charge is 2.17. The van der Waals surface area contributed by atoms with Gasteiger partial charge in [-0.15, -0.1) is 0 Å². The van der Waals surface area contributed by atoms with Crippen LogP contribution in [0.3, 0.4) is 0 Å². The first-order chi connectivity index (χ1) is 15.6. The quantitative estimate of drug-likeness (QED) is 0.247. The molecule has 0 saturated heterocycles. The lowest BCUT2D eigenvalue weighted by atomic mass is 10.2. The largest absolute Gasteiger partial charge is 0.454 e. The molecule has 15 heteroatoms. The molecule has 0 fully saturated rings. The Labute approximate surface area is 183 Å². The average Bonchev–Trinajstić information content (AvgIpc) is 3.22. The summed E-state index contributed by atoms with van der Waals surface area (Å²) < 4.78 is 8.04. The van der Waals surface area contributed by atoms with Crippen molar-refractivity contribution < 1.29 is 24.0 Å². The minimum absolute atomic E-state index is 0.0105. The number of nitrogens with zero attached hydrogens (tertiary/aromatic N) is 5. The summed E-state index contributed by atoms with van der Waals surface area (Å²) in [5.41, 5.74) is 2.83. The van der Waals surface area contributed by atoms with Crippen LogP contribution in [0.25, 0.3) is 11.2 Å². The van der Waals surface area contributed by atoms with Crippen LogP contribution in [0, 0.1) is 10.1 Å². The second-order valence-corrected chi connectivity index (χ2v) is 6.72. The standard InChI is InChI=1S/C18H17N7O8/c1-22-15-14(17(29)23(2)18(22)30)24(9-19-15)7-13(27)33-8-12(26)20-21-16(28)10-3-5-11(6-4-10)25(31)32/h3-6,9H,7-8H2,1-2H3,(H,20,26)(H,21,28). The molecule has 0 saturated carbocycles. The number of non-ortho nitro benzene ring substituents is 1. The van der Waals surface area contributed by atoms with Gasteiger partial charge in [0.25, 0.3) is 23.1 Å². The van der Waals surface area contributed by atoms with Crippen LogP contribution in [0.4, 0.5) is 5.69 Å². The van der Waals surface area contributed by atoms with Crippen molar-refractivity contribution >= 4 is 34.6 Å². The zero-order valence-corrected chi connectivity index (χ0v) is 17.3. The van der Waals surface area contributed by atoms with Crippen molar-refractivity contribution in [1.82, 2.24) is 29.5 Å². The smallest absolute Gasteiger partial charge is 0.332 e. The number of aryl methyl sites for hydroxylation is 1. The van der Waals surface area contributed by atoms with E-state index in [1.165, 1.54) is 37.1 Å². The molecule has 172 valence electrons. The van der Waals surface area contributed by atoms with Gasteiger partial charge in [-0.05, 0) is 12.1 Å². The maximum absolute atomic E-state index is 12.3. The summed E-state index contributed by atoms with van der Waals surface area (Å²) in [5.74, 6) is -2.47. The topological polar surface area (TPSA) is 189 Å². The molecule has 1 aromatic carbocycles. The zero-order chi connectivity index (χ0) is 24.3. The van der Waals surface area contributed by atoms with E-state index in [4.69, 9.17) is 4.74 Å². The van der Waals surface area contributed by atoms with Crippen molar-refractivity contribution in [1.29, 1.82) is 0 Å². The Kier molecular flexibility index (Phi) is 6.32. The monoisotopic (exact) mass is 459 g/mol. The number of aromatic nitrogens is 4. The van der Waals surface area contributed by atoms with Crippen molar-refractivity contribution in [2.45, 2.75) is 6.54 Å². The molecule has 0 radical (unpaired) electrons. The summed E-state index contributed by atoms with van der Waals surface area (Å²) in [6.07, 6.45) is 1.19. The maximum atomic E-state index is 12.3. The van der Waals surface area contributed by atoms with Crippen molar-refractivity contribution in [2.24, 2.45) is 14.1 Å². The molecule has 33 heavy (non-hydrogen) atoms. The number of hydrazine groups is 1. The van der Waals surface area contributed by atoms with E-state index >= 15 is 0 Å². The fourth-order valence-corrected chi connectivity index (χ4v) is 2.82. The molecule has 2 aromatic heterocycles. The first-order valence-corrected chi connectivity index (χ1v) is 9.20. The molecular weight excluding hydrogens is 442 g/mol. The first kappa shape index (κ1) is 22.9. The molecule has 3 rings (SSSR count). The minimum atomic E-state index is -0.873. The highest BCUT2D eigenvalue weighted by atomic mass is 16.6. The molecule has 3 aromatic rings. The van der Waals surface area contributed by atoms with Gasteiger partial charge in [-0.2, -0.15) is 0 Å². The van der Waals surface area contributed by atoms with Gasteiger partial charge in [0.15, 0.2) is 17.8 Å². The fourth-order valence-electron chi connectivity index (χ4n) is 2.82. The number of hydrogen-bond donors (Lipinski definition) is 2. The van der Waals surface area contributed by atoms with Crippen LogP contribution in [0.1, 0.15) is 10.4 Å². The molecule has 0 aliphatic carbocycles. The number of ether oxygens (including phenoxy) is 1. The van der Waals surface area contributed by atoms with Crippen LogP contribution in [0.5, 0.6) is 0 Å². The molecule has 2 N–H and O–H groups in total.